The third kappa shape index (κ3) is 5.06. The summed E-state index contributed by atoms with van der Waals surface area (Å²) in [6, 6.07) is 22.3. The van der Waals surface area contributed by atoms with Crippen molar-refractivity contribution >= 4 is 34.5 Å². The van der Waals surface area contributed by atoms with E-state index in [1.54, 1.807) is 29.8 Å². The average molecular weight is 550 g/mol. The van der Waals surface area contributed by atoms with E-state index >= 15 is 0 Å². The van der Waals surface area contributed by atoms with Crippen molar-refractivity contribution in [3.63, 3.8) is 0 Å². The Bertz CT molecular complexity index is 1960. The van der Waals surface area contributed by atoms with Crippen molar-refractivity contribution in [1.29, 1.82) is 0 Å². The number of aromatic nitrogens is 5. The van der Waals surface area contributed by atoms with Crippen LogP contribution in [0, 0.1) is 12.7 Å². The smallest absolute Gasteiger partial charge is 0.291 e. The number of benzene rings is 3. The maximum Gasteiger partial charge on any atom is 0.291 e. The minimum Gasteiger partial charge on any atom is -0.494 e. The van der Waals surface area contributed by atoms with E-state index in [-0.39, 0.29) is 11.4 Å². The molecule has 0 saturated heterocycles. The molecule has 0 spiro atoms. The fourth-order valence-electron chi connectivity index (χ4n) is 4.24. The minimum absolute atomic E-state index is 0.276. The Balaban J connectivity index is 1.37. The van der Waals surface area contributed by atoms with Gasteiger partial charge in [0.05, 0.1) is 16.8 Å². The van der Waals surface area contributed by atoms with Crippen molar-refractivity contribution in [2.24, 2.45) is 0 Å². The molecule has 198 valence electrons. The van der Waals surface area contributed by atoms with Crippen LogP contribution in [0.25, 0.3) is 40.1 Å². The Labute approximate surface area is 233 Å². The van der Waals surface area contributed by atoms with Crippen molar-refractivity contribution < 1.29 is 9.13 Å². The molecular weight excluding hydrogens is 525 g/mol. The molecule has 0 bridgehead atoms. The molecule has 0 fully saturated rings. The zero-order valence-corrected chi connectivity index (χ0v) is 22.6. The molecule has 0 unspecified atom stereocenters. The number of hydrogen-bond acceptors (Lipinski definition) is 6. The van der Waals surface area contributed by atoms with Crippen LogP contribution < -0.4 is 14.8 Å². The summed E-state index contributed by atoms with van der Waals surface area (Å²) in [5.74, 6) is 0.938. The summed E-state index contributed by atoms with van der Waals surface area (Å²) in [5, 5.41) is 9.13. The summed E-state index contributed by atoms with van der Waals surface area (Å²) < 4.78 is 23.4. The number of hydrogen-bond donors (Lipinski definition) is 0. The standard InChI is InChI=1S/C31H24FN5O2S/c1-3-39-25-14-10-21(11-15-25)12-16-28-33-31-37(34-28)30(38)27(40-31)18-23-19-36(24-7-5-4-6-8-24)35-29(23)22-13-9-20(2)26(32)17-22/h4-19H,3H2,1-2H3/b16-12+,27-18-. The molecule has 0 aliphatic carbocycles. The molecule has 0 aliphatic heterocycles. The van der Waals surface area contributed by atoms with E-state index in [9.17, 15) is 9.18 Å². The lowest BCUT2D eigenvalue weighted by atomic mass is 10.1. The number of ether oxygens (including phenoxy) is 1. The second kappa shape index (κ2) is 10.7. The van der Waals surface area contributed by atoms with Gasteiger partial charge in [-0.1, -0.05) is 59.9 Å². The summed E-state index contributed by atoms with van der Waals surface area (Å²) in [5.41, 5.74) is 3.97. The Morgan fingerprint density at radius 1 is 1.00 bits per heavy atom. The van der Waals surface area contributed by atoms with Crippen LogP contribution in [0.2, 0.25) is 0 Å². The highest BCUT2D eigenvalue weighted by molar-refractivity contribution is 7.15. The van der Waals surface area contributed by atoms with Gasteiger partial charge < -0.3 is 4.74 Å². The SMILES string of the molecule is CCOc1ccc(/C=C/c2nc3s/c(=C\c4cn(-c5ccccc5)nc4-c4ccc(C)c(F)c4)c(=O)n3n2)cc1. The lowest BCUT2D eigenvalue weighted by Crippen LogP contribution is -2.23. The fourth-order valence-corrected chi connectivity index (χ4v) is 5.15. The first-order valence-corrected chi connectivity index (χ1v) is 13.5. The van der Waals surface area contributed by atoms with E-state index in [1.807, 2.05) is 79.9 Å². The van der Waals surface area contributed by atoms with Crippen molar-refractivity contribution in [2.45, 2.75) is 13.8 Å². The van der Waals surface area contributed by atoms with Gasteiger partial charge in [0.2, 0.25) is 4.96 Å². The van der Waals surface area contributed by atoms with Crippen LogP contribution in [0.5, 0.6) is 5.75 Å². The van der Waals surface area contributed by atoms with Gasteiger partial charge in [-0.15, -0.1) is 5.10 Å². The van der Waals surface area contributed by atoms with Crippen LogP contribution in [0.1, 0.15) is 29.4 Å². The second-order valence-electron chi connectivity index (χ2n) is 9.09. The molecule has 3 aromatic heterocycles. The van der Waals surface area contributed by atoms with E-state index in [4.69, 9.17) is 9.84 Å². The normalized spacial score (nSPS) is 12.1. The summed E-state index contributed by atoms with van der Waals surface area (Å²) in [6.45, 7) is 4.27. The van der Waals surface area contributed by atoms with Crippen LogP contribution in [0.15, 0.2) is 83.8 Å². The Morgan fingerprint density at radius 2 is 1.80 bits per heavy atom. The van der Waals surface area contributed by atoms with Gasteiger partial charge in [-0.05, 0) is 67.5 Å². The van der Waals surface area contributed by atoms with Gasteiger partial charge in [0.1, 0.15) is 17.3 Å². The predicted molar refractivity (Wildman–Crippen MR) is 156 cm³/mol. The van der Waals surface area contributed by atoms with E-state index in [1.165, 1.54) is 21.9 Å². The molecule has 6 aromatic rings. The Morgan fingerprint density at radius 3 is 2.52 bits per heavy atom. The summed E-state index contributed by atoms with van der Waals surface area (Å²) in [7, 11) is 0. The van der Waals surface area contributed by atoms with E-state index in [0.717, 1.165) is 17.0 Å². The minimum atomic E-state index is -0.313. The molecule has 0 amide bonds. The highest BCUT2D eigenvalue weighted by Crippen LogP contribution is 2.26. The number of rotatable bonds is 7. The number of halogens is 1. The third-order valence-electron chi connectivity index (χ3n) is 6.31. The zero-order valence-electron chi connectivity index (χ0n) is 21.8. The molecule has 40 heavy (non-hydrogen) atoms. The van der Waals surface area contributed by atoms with E-state index in [2.05, 4.69) is 10.1 Å². The Hall–Kier alpha value is -4.89. The lowest BCUT2D eigenvalue weighted by molar-refractivity contribution is 0.340. The quantitative estimate of drug-likeness (QED) is 0.260. The number of nitrogens with zero attached hydrogens (tertiary/aromatic N) is 5. The molecule has 6 rings (SSSR count). The van der Waals surface area contributed by atoms with Gasteiger partial charge >= 0.3 is 0 Å². The Kier molecular flexibility index (Phi) is 6.79. The van der Waals surface area contributed by atoms with Gasteiger partial charge in [-0.25, -0.2) is 9.07 Å². The molecule has 0 radical (unpaired) electrons. The second-order valence-corrected chi connectivity index (χ2v) is 10.1. The maximum absolute atomic E-state index is 14.4. The van der Waals surface area contributed by atoms with Crippen LogP contribution in [0.4, 0.5) is 4.39 Å². The van der Waals surface area contributed by atoms with Crippen molar-refractivity contribution in [1.82, 2.24) is 24.4 Å². The lowest BCUT2D eigenvalue weighted by Gasteiger charge is -2.02. The van der Waals surface area contributed by atoms with Gasteiger partial charge in [-0.2, -0.15) is 14.6 Å². The first kappa shape index (κ1) is 25.4. The molecule has 0 N–H and O–H groups in total. The topological polar surface area (TPSA) is 74.3 Å². The van der Waals surface area contributed by atoms with Gasteiger partial charge in [0.25, 0.3) is 5.56 Å². The summed E-state index contributed by atoms with van der Waals surface area (Å²) >= 11 is 1.24. The van der Waals surface area contributed by atoms with Crippen LogP contribution >= 0.6 is 11.3 Å². The molecular formula is C31H24FN5O2S. The molecule has 0 atom stereocenters. The first-order valence-electron chi connectivity index (χ1n) is 12.7. The molecule has 3 heterocycles. The van der Waals surface area contributed by atoms with E-state index in [0.29, 0.717) is 44.3 Å². The number of fused-ring (bicyclic) bond motifs is 1. The van der Waals surface area contributed by atoms with E-state index < -0.39 is 0 Å². The molecule has 3 aromatic carbocycles. The monoisotopic (exact) mass is 549 g/mol. The zero-order chi connectivity index (χ0) is 27.6. The highest BCUT2D eigenvalue weighted by atomic mass is 32.1. The summed E-state index contributed by atoms with van der Waals surface area (Å²) in [4.78, 5) is 18.3. The maximum atomic E-state index is 14.4. The molecule has 9 heteroatoms. The van der Waals surface area contributed by atoms with Crippen LogP contribution in [-0.4, -0.2) is 31.0 Å². The molecule has 0 aliphatic rings. The van der Waals surface area contributed by atoms with Crippen LogP contribution in [-0.2, 0) is 0 Å². The highest BCUT2D eigenvalue weighted by Gasteiger charge is 2.15. The van der Waals surface area contributed by atoms with Crippen molar-refractivity contribution in [2.75, 3.05) is 6.61 Å². The number of thiazole rings is 1. The van der Waals surface area contributed by atoms with Gasteiger partial charge in [0.15, 0.2) is 5.82 Å². The summed E-state index contributed by atoms with van der Waals surface area (Å²) in [6.07, 6.45) is 7.25. The fraction of sp³-hybridized carbons (Fsp3) is 0.0968. The van der Waals surface area contributed by atoms with Crippen molar-refractivity contribution in [3.05, 3.63) is 122 Å². The number of para-hydroxylation sites is 1. The first-order chi connectivity index (χ1) is 19.5. The van der Waals surface area contributed by atoms with Crippen molar-refractivity contribution in [3.8, 4) is 22.7 Å². The molecule has 0 saturated carbocycles. The number of aryl methyl sites for hydroxylation is 1. The van der Waals surface area contributed by atoms with Crippen LogP contribution in [0.3, 0.4) is 0 Å². The average Bonchev–Trinajstić information content (AvgIpc) is 3.65. The van der Waals surface area contributed by atoms with Gasteiger partial charge in [0, 0.05) is 17.3 Å². The van der Waals surface area contributed by atoms with Gasteiger partial charge in [-0.3, -0.25) is 4.79 Å². The molecule has 7 nitrogen and oxygen atoms in total. The largest absolute Gasteiger partial charge is 0.494 e. The third-order valence-corrected chi connectivity index (χ3v) is 7.27. The predicted octanol–water partition coefficient (Wildman–Crippen LogP) is 5.57.